The average Bonchev–Trinajstić information content (AvgIpc) is 3.16. The Morgan fingerprint density at radius 3 is 2.34 bits per heavy atom. The van der Waals surface area contributed by atoms with Crippen LogP contribution in [0.25, 0.3) is 21.8 Å². The molecule has 0 aliphatic rings. The number of pyridine rings is 1. The number of carbonyl (C=O) groups is 1. The molecule has 0 atom stereocenters. The molecule has 0 fully saturated rings. The number of alkyl halides is 3. The molecule has 0 unspecified atom stereocenters. The Kier molecular flexibility index (Phi) is 5.49. The normalized spacial score (nSPS) is 12.1. The zero-order chi connectivity index (χ0) is 21.4. The van der Waals surface area contributed by atoms with Gasteiger partial charge < -0.3 is 4.90 Å². The lowest BCUT2D eigenvalue weighted by Crippen LogP contribution is -2.42. The van der Waals surface area contributed by atoms with Gasteiger partial charge in [0.15, 0.2) is 0 Å². The molecule has 0 aliphatic carbocycles. The van der Waals surface area contributed by atoms with Gasteiger partial charge in [0.2, 0.25) is 0 Å². The molecule has 4 nitrogen and oxygen atoms in total. The monoisotopic (exact) mass is 419 g/mol. The summed E-state index contributed by atoms with van der Waals surface area (Å²) in [5.74, 6) is -0.198. The van der Waals surface area contributed by atoms with Gasteiger partial charge in [-0.25, -0.2) is 4.98 Å². The van der Waals surface area contributed by atoms with E-state index >= 15 is 0 Å². The second kappa shape index (κ2) is 7.59. The van der Waals surface area contributed by atoms with Crippen molar-refractivity contribution in [2.45, 2.75) is 32.5 Å². The first-order valence-corrected chi connectivity index (χ1v) is 9.73. The van der Waals surface area contributed by atoms with Gasteiger partial charge >= 0.3 is 6.18 Å². The molecule has 2 heterocycles. The number of benzene rings is 1. The van der Waals surface area contributed by atoms with Gasteiger partial charge in [0.1, 0.15) is 10.7 Å². The number of aromatic nitrogens is 2. The van der Waals surface area contributed by atoms with Crippen LogP contribution < -0.4 is 0 Å². The van der Waals surface area contributed by atoms with Gasteiger partial charge in [0, 0.05) is 29.7 Å². The minimum absolute atomic E-state index is 0.0702. The van der Waals surface area contributed by atoms with Crippen molar-refractivity contribution in [3.05, 3.63) is 59.2 Å². The fourth-order valence-corrected chi connectivity index (χ4v) is 3.40. The van der Waals surface area contributed by atoms with Gasteiger partial charge in [-0.15, -0.1) is 11.3 Å². The van der Waals surface area contributed by atoms with E-state index in [4.69, 9.17) is 0 Å². The van der Waals surface area contributed by atoms with E-state index in [-0.39, 0.29) is 17.0 Å². The van der Waals surface area contributed by atoms with Crippen LogP contribution >= 0.6 is 11.3 Å². The van der Waals surface area contributed by atoms with Crippen LogP contribution in [-0.2, 0) is 6.18 Å². The Balaban J connectivity index is 1.88. The highest BCUT2D eigenvalue weighted by Gasteiger charge is 2.33. The van der Waals surface area contributed by atoms with Crippen LogP contribution in [0.5, 0.6) is 0 Å². The van der Waals surface area contributed by atoms with E-state index in [0.717, 1.165) is 6.07 Å². The van der Waals surface area contributed by atoms with E-state index in [1.807, 2.05) is 20.8 Å². The number of carbonyl (C=O) groups excluding carboxylic acids is 1. The molecule has 0 saturated heterocycles. The molecule has 1 aromatic carbocycles. The van der Waals surface area contributed by atoms with E-state index in [0.29, 0.717) is 22.0 Å². The van der Waals surface area contributed by atoms with Gasteiger partial charge in [-0.1, -0.05) is 24.3 Å². The Morgan fingerprint density at radius 1 is 1.07 bits per heavy atom. The molecule has 2 aromatic heterocycles. The summed E-state index contributed by atoms with van der Waals surface area (Å²) in [4.78, 5) is 22.8. The van der Waals surface area contributed by atoms with Crippen LogP contribution in [0.15, 0.2) is 48.0 Å². The molecule has 0 radical (unpaired) electrons. The second-order valence-electron chi connectivity index (χ2n) is 7.55. The number of nitrogens with zero attached hydrogens (tertiary/aromatic N) is 3. The zero-order valence-electron chi connectivity index (χ0n) is 16.4. The second-order valence-corrected chi connectivity index (χ2v) is 8.41. The minimum atomic E-state index is -4.45. The maximum atomic E-state index is 13.2. The van der Waals surface area contributed by atoms with Crippen molar-refractivity contribution in [2.24, 2.45) is 0 Å². The van der Waals surface area contributed by atoms with E-state index in [2.05, 4.69) is 9.97 Å². The number of rotatable bonds is 3. The van der Waals surface area contributed by atoms with Crippen molar-refractivity contribution in [1.29, 1.82) is 0 Å². The number of hydrogen-bond donors (Lipinski definition) is 0. The Labute approximate surface area is 171 Å². The number of halogens is 3. The number of thiazole rings is 1. The van der Waals surface area contributed by atoms with E-state index in [1.54, 1.807) is 35.5 Å². The summed E-state index contributed by atoms with van der Waals surface area (Å²) in [7, 11) is 1.71. The van der Waals surface area contributed by atoms with Crippen molar-refractivity contribution in [3.8, 4) is 21.8 Å². The average molecular weight is 419 g/mol. The molecule has 0 spiro atoms. The molecule has 29 heavy (non-hydrogen) atoms. The zero-order valence-corrected chi connectivity index (χ0v) is 17.2. The first kappa shape index (κ1) is 21.0. The predicted octanol–water partition coefficient (Wildman–Crippen LogP) is 5.76. The summed E-state index contributed by atoms with van der Waals surface area (Å²) in [6, 6.07) is 8.58. The van der Waals surface area contributed by atoms with Crippen LogP contribution in [0, 0.1) is 0 Å². The van der Waals surface area contributed by atoms with Gasteiger partial charge in [-0.2, -0.15) is 13.2 Å². The fraction of sp³-hybridized carbons (Fsp3) is 0.286. The molecule has 8 heteroatoms. The van der Waals surface area contributed by atoms with E-state index in [1.165, 1.54) is 29.7 Å². The standard InChI is InChI=1S/C21H20F3N3OS/c1-20(2,3)27(4)19(28)17-12-29-18(26-17)16-10-9-13(11-25-16)14-7-5-6-8-15(14)21(22,23)24/h5-12H,1-4H3. The highest BCUT2D eigenvalue weighted by Crippen LogP contribution is 2.37. The maximum Gasteiger partial charge on any atom is 0.417 e. The van der Waals surface area contributed by atoms with E-state index in [9.17, 15) is 18.0 Å². The Bertz CT molecular complexity index is 1020. The molecular formula is C21H20F3N3OS. The summed E-state index contributed by atoms with van der Waals surface area (Å²) >= 11 is 1.27. The largest absolute Gasteiger partial charge is 0.417 e. The third-order valence-corrected chi connectivity index (χ3v) is 5.43. The third-order valence-electron chi connectivity index (χ3n) is 4.56. The fourth-order valence-electron chi connectivity index (χ4n) is 2.63. The first-order chi connectivity index (χ1) is 13.5. The van der Waals surface area contributed by atoms with Crippen molar-refractivity contribution in [2.75, 3.05) is 7.05 Å². The SMILES string of the molecule is CN(C(=O)c1csc(-c2ccc(-c3ccccc3C(F)(F)F)cn2)n1)C(C)(C)C. The topological polar surface area (TPSA) is 46.1 Å². The summed E-state index contributed by atoms with van der Waals surface area (Å²) in [6.07, 6.45) is -3.05. The molecule has 0 bridgehead atoms. The smallest absolute Gasteiger partial charge is 0.336 e. The minimum Gasteiger partial charge on any atom is -0.336 e. The van der Waals surface area contributed by atoms with Gasteiger partial charge in [0.05, 0.1) is 11.3 Å². The van der Waals surface area contributed by atoms with Gasteiger partial charge in [0.25, 0.3) is 5.91 Å². The third kappa shape index (κ3) is 4.48. The Hall–Kier alpha value is -2.74. The molecule has 0 N–H and O–H groups in total. The van der Waals surface area contributed by atoms with E-state index < -0.39 is 11.7 Å². The summed E-state index contributed by atoms with van der Waals surface area (Å²) in [5, 5.41) is 2.19. The van der Waals surface area contributed by atoms with Crippen LogP contribution in [0.3, 0.4) is 0 Å². The predicted molar refractivity (Wildman–Crippen MR) is 108 cm³/mol. The summed E-state index contributed by atoms with van der Waals surface area (Å²) in [5.41, 5.74) is 0.202. The maximum absolute atomic E-state index is 13.2. The van der Waals surface area contributed by atoms with Gasteiger partial charge in [-0.05, 0) is 38.5 Å². The van der Waals surface area contributed by atoms with Crippen LogP contribution in [0.2, 0.25) is 0 Å². The lowest BCUT2D eigenvalue weighted by atomic mass is 10.0. The molecule has 3 rings (SSSR count). The van der Waals surface area contributed by atoms with Crippen LogP contribution in [0.1, 0.15) is 36.8 Å². The number of hydrogen-bond acceptors (Lipinski definition) is 4. The Morgan fingerprint density at radius 2 is 1.76 bits per heavy atom. The molecule has 3 aromatic rings. The van der Waals surface area contributed by atoms with Crippen molar-refractivity contribution in [1.82, 2.24) is 14.9 Å². The number of amides is 1. The van der Waals surface area contributed by atoms with Crippen molar-refractivity contribution < 1.29 is 18.0 Å². The summed E-state index contributed by atoms with van der Waals surface area (Å²) in [6.45, 7) is 5.78. The molecular weight excluding hydrogens is 399 g/mol. The van der Waals surface area contributed by atoms with Crippen molar-refractivity contribution in [3.63, 3.8) is 0 Å². The summed E-state index contributed by atoms with van der Waals surface area (Å²) < 4.78 is 39.7. The quantitative estimate of drug-likeness (QED) is 0.542. The highest BCUT2D eigenvalue weighted by molar-refractivity contribution is 7.13. The van der Waals surface area contributed by atoms with Crippen molar-refractivity contribution >= 4 is 17.2 Å². The highest BCUT2D eigenvalue weighted by atomic mass is 32.1. The molecule has 1 amide bonds. The van der Waals surface area contributed by atoms with Gasteiger partial charge in [-0.3, -0.25) is 9.78 Å². The molecule has 0 aliphatic heterocycles. The lowest BCUT2D eigenvalue weighted by Gasteiger charge is -2.31. The lowest BCUT2D eigenvalue weighted by molar-refractivity contribution is -0.137. The first-order valence-electron chi connectivity index (χ1n) is 8.85. The molecule has 152 valence electrons. The molecule has 0 saturated carbocycles. The van der Waals surface area contributed by atoms with Crippen LogP contribution in [0.4, 0.5) is 13.2 Å². The van der Waals surface area contributed by atoms with Crippen LogP contribution in [-0.4, -0.2) is 33.4 Å².